The minimum atomic E-state index is -0.696. The molecule has 1 aliphatic rings. The predicted octanol–water partition coefficient (Wildman–Crippen LogP) is 4.13. The van der Waals surface area contributed by atoms with Crippen LogP contribution in [-0.4, -0.2) is 69.7 Å². The molecule has 0 saturated carbocycles. The quantitative estimate of drug-likeness (QED) is 0.569. The first-order valence-corrected chi connectivity index (χ1v) is 10.6. The molecule has 0 aliphatic carbocycles. The van der Waals surface area contributed by atoms with Crippen LogP contribution in [-0.2, 0) is 11.3 Å². The van der Waals surface area contributed by atoms with Gasteiger partial charge in [0.15, 0.2) is 0 Å². The van der Waals surface area contributed by atoms with Gasteiger partial charge < -0.3 is 9.84 Å². The number of carboxylic acids is 1. The molecule has 0 radical (unpaired) electrons. The van der Waals surface area contributed by atoms with Crippen LogP contribution in [0.3, 0.4) is 0 Å². The Morgan fingerprint density at radius 2 is 1.77 bits per heavy atom. The zero-order valence-corrected chi connectivity index (χ0v) is 17.4. The molecule has 1 N–H and O–H groups in total. The van der Waals surface area contributed by atoms with Gasteiger partial charge in [-0.25, -0.2) is 4.98 Å². The first-order valence-electron chi connectivity index (χ1n) is 9.75. The van der Waals surface area contributed by atoms with Gasteiger partial charge in [-0.2, -0.15) is 0 Å². The number of nitrogens with zero attached hydrogens (tertiary/aromatic N) is 2. The fraction of sp³-hybridized carbons (Fsp3) is 0.304. The number of aliphatic carboxylic acids is 1. The van der Waals surface area contributed by atoms with Crippen LogP contribution in [0.25, 0.3) is 21.0 Å². The van der Waals surface area contributed by atoms with Crippen molar-refractivity contribution in [2.75, 3.05) is 13.1 Å². The van der Waals surface area contributed by atoms with E-state index in [9.17, 15) is 4.79 Å². The summed E-state index contributed by atoms with van der Waals surface area (Å²) >= 11 is 1.67. The van der Waals surface area contributed by atoms with E-state index in [1.807, 2.05) is 32.2 Å². The van der Waals surface area contributed by atoms with Crippen LogP contribution in [0, 0.1) is 5.92 Å². The zero-order chi connectivity index (χ0) is 20.4. The minimum absolute atomic E-state index is 0. The van der Waals surface area contributed by atoms with E-state index in [1.54, 1.807) is 11.3 Å². The molecule has 0 amide bonds. The van der Waals surface area contributed by atoms with Crippen LogP contribution in [0.2, 0.25) is 0 Å². The Balaban J connectivity index is 0.00000256. The van der Waals surface area contributed by atoms with E-state index in [0.29, 0.717) is 13.1 Å². The average molecular weight is 433 g/mol. The third-order valence-corrected chi connectivity index (χ3v) is 6.03. The Labute approximate surface area is 203 Å². The van der Waals surface area contributed by atoms with Gasteiger partial charge in [-0.1, -0.05) is 24.3 Å². The van der Waals surface area contributed by atoms with E-state index < -0.39 is 5.97 Å². The molecule has 3 aromatic rings. The van der Waals surface area contributed by atoms with Crippen LogP contribution in [0.15, 0.2) is 54.7 Å². The Morgan fingerprint density at radius 3 is 2.37 bits per heavy atom. The van der Waals surface area contributed by atoms with Gasteiger partial charge in [0.1, 0.15) is 10.8 Å². The summed E-state index contributed by atoms with van der Waals surface area (Å²) in [6.07, 6.45) is 2.08. The van der Waals surface area contributed by atoms with Gasteiger partial charge in [-0.05, 0) is 49.2 Å². The van der Waals surface area contributed by atoms with Crippen molar-refractivity contribution in [2.24, 2.45) is 5.92 Å². The van der Waals surface area contributed by atoms with Crippen molar-refractivity contribution in [3.63, 3.8) is 0 Å². The van der Waals surface area contributed by atoms with Crippen molar-refractivity contribution >= 4 is 46.9 Å². The molecule has 0 atom stereocenters. The van der Waals surface area contributed by atoms with Gasteiger partial charge in [0.2, 0.25) is 0 Å². The number of aromatic nitrogens is 1. The predicted molar refractivity (Wildman–Crippen MR) is 122 cm³/mol. The second kappa shape index (κ2) is 10.1. The third-order valence-electron chi connectivity index (χ3n) is 4.93. The summed E-state index contributed by atoms with van der Waals surface area (Å²) in [6.45, 7) is 6.09. The molecule has 5 nitrogen and oxygen atoms in total. The molecule has 0 bridgehead atoms. The topological polar surface area (TPSA) is 62.7 Å². The molecular formula is C23H25N2NaO3S. The Hall–Kier alpha value is -1.70. The molecule has 1 saturated heterocycles. The molecule has 2 aromatic carbocycles. The third kappa shape index (κ3) is 5.50. The Morgan fingerprint density at radius 1 is 1.13 bits per heavy atom. The molecule has 152 valence electrons. The summed E-state index contributed by atoms with van der Waals surface area (Å²) in [5.41, 5.74) is 3.42. The first-order chi connectivity index (χ1) is 14.0. The van der Waals surface area contributed by atoms with Gasteiger partial charge in [-0.15, -0.1) is 11.3 Å². The first kappa shape index (κ1) is 23.0. The molecule has 7 heteroatoms. The van der Waals surface area contributed by atoms with Crippen LogP contribution in [0.5, 0.6) is 5.75 Å². The molecule has 0 unspecified atom stereocenters. The number of rotatable bonds is 7. The summed E-state index contributed by atoms with van der Waals surface area (Å²) < 4.78 is 5.70. The van der Waals surface area contributed by atoms with E-state index in [1.165, 1.54) is 5.56 Å². The molecule has 4 rings (SSSR count). The summed E-state index contributed by atoms with van der Waals surface area (Å²) in [6, 6.07) is 16.5. The summed E-state index contributed by atoms with van der Waals surface area (Å²) in [4.78, 5) is 18.8. The molecule has 1 aromatic heterocycles. The van der Waals surface area contributed by atoms with E-state index in [0.717, 1.165) is 33.3 Å². The number of hydrogen-bond acceptors (Lipinski definition) is 5. The standard InChI is InChI=1S/C23H24N2O3S.Na.H/c1-15(2)28-20-9-7-17(8-10-20)21-11-24-22(29-21)18-5-3-16(4-6-18)12-25-13-19(14-25)23(26)27;;/h3-11,15,19H,12-14H2,1-2H3,(H,26,27);;. The van der Waals surface area contributed by atoms with Gasteiger partial charge >= 0.3 is 35.5 Å². The molecule has 1 fully saturated rings. The molecule has 30 heavy (non-hydrogen) atoms. The molecule has 2 heterocycles. The fourth-order valence-electron chi connectivity index (χ4n) is 3.38. The van der Waals surface area contributed by atoms with Crippen molar-refractivity contribution < 1.29 is 14.6 Å². The van der Waals surface area contributed by atoms with Crippen molar-refractivity contribution in [1.29, 1.82) is 0 Å². The summed E-state index contributed by atoms with van der Waals surface area (Å²) in [7, 11) is 0. The van der Waals surface area contributed by atoms with E-state index in [2.05, 4.69) is 46.3 Å². The Bertz CT molecular complexity index is 980. The number of likely N-dealkylation sites (tertiary alicyclic amines) is 1. The maximum atomic E-state index is 10.9. The Kier molecular flexibility index (Phi) is 7.71. The summed E-state index contributed by atoms with van der Waals surface area (Å²) in [5, 5.41) is 9.96. The average Bonchev–Trinajstić information content (AvgIpc) is 3.15. The van der Waals surface area contributed by atoms with Crippen LogP contribution in [0.4, 0.5) is 0 Å². The van der Waals surface area contributed by atoms with Crippen molar-refractivity contribution in [3.05, 3.63) is 60.3 Å². The van der Waals surface area contributed by atoms with Gasteiger partial charge in [0, 0.05) is 31.4 Å². The second-order valence-electron chi connectivity index (χ2n) is 7.65. The zero-order valence-electron chi connectivity index (χ0n) is 16.5. The SMILES string of the molecule is CC(C)Oc1ccc(-c2cnc(-c3ccc(CN4CC(C(=O)O)C4)cc3)s2)cc1.[NaH]. The van der Waals surface area contributed by atoms with Crippen LogP contribution in [0.1, 0.15) is 19.4 Å². The van der Waals surface area contributed by atoms with E-state index in [-0.39, 0.29) is 41.6 Å². The van der Waals surface area contributed by atoms with Gasteiger partial charge in [0.25, 0.3) is 0 Å². The summed E-state index contributed by atoms with van der Waals surface area (Å²) in [5.74, 6) is -0.0340. The van der Waals surface area contributed by atoms with Gasteiger partial charge in [-0.3, -0.25) is 9.69 Å². The fourth-order valence-corrected chi connectivity index (χ4v) is 4.30. The monoisotopic (exact) mass is 432 g/mol. The van der Waals surface area contributed by atoms with Crippen molar-refractivity contribution in [1.82, 2.24) is 9.88 Å². The van der Waals surface area contributed by atoms with Crippen molar-refractivity contribution in [3.8, 4) is 26.8 Å². The number of carboxylic acid groups (broad SMARTS) is 1. The van der Waals surface area contributed by atoms with Crippen LogP contribution < -0.4 is 4.74 Å². The number of ether oxygens (including phenoxy) is 1. The second-order valence-corrected chi connectivity index (χ2v) is 8.68. The number of hydrogen-bond donors (Lipinski definition) is 1. The maximum absolute atomic E-state index is 10.9. The van der Waals surface area contributed by atoms with Crippen LogP contribution >= 0.6 is 11.3 Å². The molecular weight excluding hydrogens is 407 g/mol. The molecule has 0 spiro atoms. The van der Waals surface area contributed by atoms with Gasteiger partial charge in [0.05, 0.1) is 16.9 Å². The number of carbonyl (C=O) groups is 1. The number of thiazole rings is 1. The number of benzene rings is 2. The normalized spacial score (nSPS) is 14.2. The van der Waals surface area contributed by atoms with Crippen molar-refractivity contribution in [2.45, 2.75) is 26.5 Å². The molecule has 1 aliphatic heterocycles. The van der Waals surface area contributed by atoms with E-state index in [4.69, 9.17) is 9.84 Å². The van der Waals surface area contributed by atoms with E-state index >= 15 is 0 Å².